The summed E-state index contributed by atoms with van der Waals surface area (Å²) in [4.78, 5) is 22.8. The molecule has 148 valence electrons. The SMILES string of the molecule is COc1cc2ccccc2cc1C(=O)N/N=C/c1cc(OC)c(O)c([N+](=O)[O-])c1. The van der Waals surface area contributed by atoms with Gasteiger partial charge in [0.1, 0.15) is 5.75 Å². The second-order valence-electron chi connectivity index (χ2n) is 5.95. The van der Waals surface area contributed by atoms with E-state index in [2.05, 4.69) is 10.5 Å². The smallest absolute Gasteiger partial charge is 0.315 e. The average Bonchev–Trinajstić information content (AvgIpc) is 2.73. The first-order valence-corrected chi connectivity index (χ1v) is 8.40. The van der Waals surface area contributed by atoms with Crippen molar-refractivity contribution in [1.82, 2.24) is 5.43 Å². The molecule has 3 aromatic carbocycles. The number of hydrogen-bond acceptors (Lipinski definition) is 7. The summed E-state index contributed by atoms with van der Waals surface area (Å²) in [5, 5.41) is 26.5. The number of fused-ring (bicyclic) bond motifs is 1. The molecule has 0 aliphatic carbocycles. The topological polar surface area (TPSA) is 123 Å². The third-order valence-corrected chi connectivity index (χ3v) is 4.19. The van der Waals surface area contributed by atoms with Crippen LogP contribution in [-0.4, -0.2) is 36.4 Å². The Morgan fingerprint density at radius 3 is 2.38 bits per heavy atom. The first kappa shape index (κ1) is 19.6. The van der Waals surface area contributed by atoms with Gasteiger partial charge in [0.15, 0.2) is 5.75 Å². The number of ether oxygens (including phenoxy) is 2. The summed E-state index contributed by atoms with van der Waals surface area (Å²) in [5.74, 6) is -0.787. The lowest BCUT2D eigenvalue weighted by Crippen LogP contribution is -2.18. The predicted molar refractivity (Wildman–Crippen MR) is 107 cm³/mol. The first-order valence-electron chi connectivity index (χ1n) is 8.40. The zero-order chi connectivity index (χ0) is 21.0. The fourth-order valence-corrected chi connectivity index (χ4v) is 2.77. The number of aromatic hydroxyl groups is 1. The van der Waals surface area contributed by atoms with Gasteiger partial charge in [0, 0.05) is 11.6 Å². The molecule has 3 rings (SSSR count). The highest BCUT2D eigenvalue weighted by atomic mass is 16.6. The second-order valence-corrected chi connectivity index (χ2v) is 5.95. The summed E-state index contributed by atoms with van der Waals surface area (Å²) in [6, 6.07) is 13.4. The van der Waals surface area contributed by atoms with Gasteiger partial charge in [0.25, 0.3) is 5.91 Å². The van der Waals surface area contributed by atoms with Crippen molar-refractivity contribution in [2.75, 3.05) is 14.2 Å². The van der Waals surface area contributed by atoms with E-state index in [1.54, 1.807) is 12.1 Å². The maximum absolute atomic E-state index is 12.5. The third kappa shape index (κ3) is 4.08. The normalized spacial score (nSPS) is 10.8. The monoisotopic (exact) mass is 395 g/mol. The number of hydrazone groups is 1. The summed E-state index contributed by atoms with van der Waals surface area (Å²) >= 11 is 0. The number of benzene rings is 3. The summed E-state index contributed by atoms with van der Waals surface area (Å²) in [6.45, 7) is 0. The zero-order valence-electron chi connectivity index (χ0n) is 15.6. The van der Waals surface area contributed by atoms with Crippen LogP contribution in [0.3, 0.4) is 0 Å². The van der Waals surface area contributed by atoms with Crippen LogP contribution in [0, 0.1) is 10.1 Å². The molecule has 29 heavy (non-hydrogen) atoms. The molecule has 2 N–H and O–H groups in total. The Labute approximate surface area is 165 Å². The van der Waals surface area contributed by atoms with Gasteiger partial charge in [-0.15, -0.1) is 0 Å². The van der Waals surface area contributed by atoms with Crippen molar-refractivity contribution in [3.05, 3.63) is 69.8 Å². The lowest BCUT2D eigenvalue weighted by Gasteiger charge is -2.09. The van der Waals surface area contributed by atoms with Crippen molar-refractivity contribution in [3.8, 4) is 17.2 Å². The number of amides is 1. The van der Waals surface area contributed by atoms with E-state index in [0.717, 1.165) is 16.8 Å². The largest absolute Gasteiger partial charge is 0.500 e. The van der Waals surface area contributed by atoms with Gasteiger partial charge in [-0.05, 0) is 29.0 Å². The molecule has 0 radical (unpaired) electrons. The maximum Gasteiger partial charge on any atom is 0.315 e. The lowest BCUT2D eigenvalue weighted by molar-refractivity contribution is -0.386. The van der Waals surface area contributed by atoms with Gasteiger partial charge in [0.2, 0.25) is 5.75 Å². The Morgan fingerprint density at radius 1 is 1.10 bits per heavy atom. The highest BCUT2D eigenvalue weighted by Crippen LogP contribution is 2.36. The van der Waals surface area contributed by atoms with Crippen molar-refractivity contribution in [3.63, 3.8) is 0 Å². The van der Waals surface area contributed by atoms with Gasteiger partial charge >= 0.3 is 5.69 Å². The number of methoxy groups -OCH3 is 2. The summed E-state index contributed by atoms with van der Waals surface area (Å²) < 4.78 is 10.2. The highest BCUT2D eigenvalue weighted by Gasteiger charge is 2.19. The number of carbonyl (C=O) groups excluding carboxylic acids is 1. The second kappa shape index (κ2) is 8.26. The molecule has 0 spiro atoms. The molecule has 9 nitrogen and oxygen atoms in total. The molecule has 0 aliphatic heterocycles. The van der Waals surface area contributed by atoms with Crippen LogP contribution in [-0.2, 0) is 0 Å². The minimum Gasteiger partial charge on any atom is -0.500 e. The number of phenols is 1. The van der Waals surface area contributed by atoms with Crippen molar-refractivity contribution >= 4 is 28.6 Å². The number of hydrogen-bond donors (Lipinski definition) is 2. The molecule has 0 bridgehead atoms. The molecule has 0 saturated carbocycles. The zero-order valence-corrected chi connectivity index (χ0v) is 15.6. The minimum absolute atomic E-state index is 0.0804. The summed E-state index contributed by atoms with van der Waals surface area (Å²) in [7, 11) is 2.74. The molecular formula is C20H17N3O6. The molecule has 0 aliphatic rings. The fourth-order valence-electron chi connectivity index (χ4n) is 2.77. The van der Waals surface area contributed by atoms with Crippen LogP contribution >= 0.6 is 0 Å². The molecule has 9 heteroatoms. The Bertz CT molecular complexity index is 1130. The summed E-state index contributed by atoms with van der Waals surface area (Å²) in [5.41, 5.74) is 2.38. The predicted octanol–water partition coefficient (Wildman–Crippen LogP) is 3.23. The Balaban J connectivity index is 1.86. The van der Waals surface area contributed by atoms with Crippen molar-refractivity contribution in [1.29, 1.82) is 0 Å². The molecule has 0 unspecified atom stereocenters. The van der Waals surface area contributed by atoms with E-state index in [-0.39, 0.29) is 16.9 Å². The van der Waals surface area contributed by atoms with E-state index in [9.17, 15) is 20.0 Å². The van der Waals surface area contributed by atoms with Gasteiger partial charge in [-0.3, -0.25) is 14.9 Å². The van der Waals surface area contributed by atoms with E-state index in [4.69, 9.17) is 9.47 Å². The molecule has 0 saturated heterocycles. The number of phenolic OH excluding ortho intramolecular Hbond substituents is 1. The van der Waals surface area contributed by atoms with Crippen molar-refractivity contribution < 1.29 is 24.3 Å². The number of nitrogens with zero attached hydrogens (tertiary/aromatic N) is 2. The third-order valence-electron chi connectivity index (χ3n) is 4.19. The van der Waals surface area contributed by atoms with Crippen LogP contribution in [0.25, 0.3) is 10.8 Å². The van der Waals surface area contributed by atoms with Gasteiger partial charge in [-0.25, -0.2) is 5.43 Å². The molecule has 3 aromatic rings. The first-order chi connectivity index (χ1) is 13.9. The van der Waals surface area contributed by atoms with E-state index in [1.807, 2.05) is 24.3 Å². The van der Waals surface area contributed by atoms with Crippen LogP contribution in [0.4, 0.5) is 5.69 Å². The lowest BCUT2D eigenvalue weighted by atomic mass is 10.1. The summed E-state index contributed by atoms with van der Waals surface area (Å²) in [6.07, 6.45) is 1.21. The van der Waals surface area contributed by atoms with Crippen LogP contribution < -0.4 is 14.9 Å². The number of nitrogens with one attached hydrogen (secondary N) is 1. The Hall–Kier alpha value is -4.14. The molecule has 0 fully saturated rings. The number of nitro benzene ring substituents is 1. The van der Waals surface area contributed by atoms with Gasteiger partial charge in [-0.1, -0.05) is 24.3 Å². The van der Waals surface area contributed by atoms with E-state index >= 15 is 0 Å². The van der Waals surface area contributed by atoms with Gasteiger partial charge < -0.3 is 14.6 Å². The van der Waals surface area contributed by atoms with E-state index in [1.165, 1.54) is 26.5 Å². The minimum atomic E-state index is -0.742. The standard InChI is InChI=1S/C20H17N3O6/c1-28-17-10-14-6-4-3-5-13(14)9-15(17)20(25)22-21-11-12-7-16(23(26)27)19(24)18(8-12)29-2/h3-11,24H,1-2H3,(H,22,25)/b21-11+. The maximum atomic E-state index is 12.5. The van der Waals surface area contributed by atoms with Crippen molar-refractivity contribution in [2.24, 2.45) is 5.10 Å². The van der Waals surface area contributed by atoms with E-state index < -0.39 is 22.3 Å². The number of carbonyl (C=O) groups is 1. The van der Waals surface area contributed by atoms with Crippen LogP contribution in [0.2, 0.25) is 0 Å². The molecule has 1 amide bonds. The van der Waals surface area contributed by atoms with Crippen molar-refractivity contribution in [2.45, 2.75) is 0 Å². The van der Waals surface area contributed by atoms with Crippen LogP contribution in [0.15, 0.2) is 53.6 Å². The molecule has 0 aromatic heterocycles. The fraction of sp³-hybridized carbons (Fsp3) is 0.100. The quantitative estimate of drug-likeness (QED) is 0.375. The number of nitro groups is 1. The van der Waals surface area contributed by atoms with Gasteiger partial charge in [0.05, 0.1) is 30.9 Å². The number of rotatable bonds is 6. The molecule has 0 heterocycles. The Morgan fingerprint density at radius 2 is 1.76 bits per heavy atom. The molecule has 0 atom stereocenters. The average molecular weight is 395 g/mol. The van der Waals surface area contributed by atoms with Crippen LogP contribution in [0.1, 0.15) is 15.9 Å². The van der Waals surface area contributed by atoms with Crippen LogP contribution in [0.5, 0.6) is 17.2 Å². The Kier molecular flexibility index (Phi) is 5.59. The molecular weight excluding hydrogens is 378 g/mol. The highest BCUT2D eigenvalue weighted by molar-refractivity contribution is 6.02. The van der Waals surface area contributed by atoms with Gasteiger partial charge in [-0.2, -0.15) is 5.10 Å². The van der Waals surface area contributed by atoms with E-state index in [0.29, 0.717) is 5.75 Å².